The minimum atomic E-state index is -0.198. The molecule has 2 aliphatic carbocycles. The summed E-state index contributed by atoms with van der Waals surface area (Å²) < 4.78 is 0. The number of carbonyl (C=O) groups is 1. The predicted molar refractivity (Wildman–Crippen MR) is 81.2 cm³/mol. The molecular formula is C17H30N2O. The van der Waals surface area contributed by atoms with E-state index in [2.05, 4.69) is 31.0 Å². The molecule has 0 aromatic rings. The number of hydrogen-bond donors (Lipinski definition) is 1. The Balaban J connectivity index is 1.87. The van der Waals surface area contributed by atoms with Gasteiger partial charge in [0.1, 0.15) is 0 Å². The van der Waals surface area contributed by atoms with Gasteiger partial charge in [-0.15, -0.1) is 0 Å². The van der Waals surface area contributed by atoms with Crippen LogP contribution in [0.4, 0.5) is 0 Å². The fourth-order valence-corrected chi connectivity index (χ4v) is 4.50. The summed E-state index contributed by atoms with van der Waals surface area (Å²) in [5, 5.41) is 3.82. The van der Waals surface area contributed by atoms with E-state index in [0.29, 0.717) is 30.0 Å². The molecule has 2 atom stereocenters. The normalized spacial score (nSPS) is 31.9. The SMILES string of the molecule is CC(C)C(C)N1C(=O)C2(CCCC2)NC1C1CCCC1. The Labute approximate surface area is 123 Å². The average Bonchev–Trinajstić information content (AvgIpc) is 3.13. The van der Waals surface area contributed by atoms with Crippen molar-refractivity contribution in [2.45, 2.75) is 89.9 Å². The fourth-order valence-electron chi connectivity index (χ4n) is 4.50. The third-order valence-corrected chi connectivity index (χ3v) is 6.07. The van der Waals surface area contributed by atoms with E-state index in [1.165, 1.54) is 38.5 Å². The molecule has 1 spiro atoms. The molecular weight excluding hydrogens is 248 g/mol. The molecule has 0 aromatic carbocycles. The predicted octanol–water partition coefficient (Wildman–Crippen LogP) is 3.29. The number of nitrogens with one attached hydrogen (secondary N) is 1. The molecule has 1 N–H and O–H groups in total. The average molecular weight is 278 g/mol. The fraction of sp³-hybridized carbons (Fsp3) is 0.941. The maximum atomic E-state index is 13.1. The molecule has 3 heteroatoms. The molecule has 2 unspecified atom stereocenters. The molecule has 3 aliphatic rings. The van der Waals surface area contributed by atoms with Gasteiger partial charge in [-0.25, -0.2) is 0 Å². The van der Waals surface area contributed by atoms with Gasteiger partial charge in [0.15, 0.2) is 0 Å². The van der Waals surface area contributed by atoms with Crippen LogP contribution in [0.1, 0.15) is 72.1 Å². The minimum absolute atomic E-state index is 0.198. The second kappa shape index (κ2) is 5.32. The highest BCUT2D eigenvalue weighted by Gasteiger charge is 2.55. The van der Waals surface area contributed by atoms with E-state index < -0.39 is 0 Å². The molecule has 0 bridgehead atoms. The summed E-state index contributed by atoms with van der Waals surface area (Å²) in [7, 11) is 0. The van der Waals surface area contributed by atoms with Gasteiger partial charge >= 0.3 is 0 Å². The van der Waals surface area contributed by atoms with Crippen molar-refractivity contribution in [3.05, 3.63) is 0 Å². The van der Waals surface area contributed by atoms with E-state index in [9.17, 15) is 4.79 Å². The van der Waals surface area contributed by atoms with Crippen LogP contribution in [0.25, 0.3) is 0 Å². The van der Waals surface area contributed by atoms with Gasteiger partial charge < -0.3 is 4.90 Å². The summed E-state index contributed by atoms with van der Waals surface area (Å²) in [6.45, 7) is 6.72. The third-order valence-electron chi connectivity index (χ3n) is 6.07. The zero-order valence-electron chi connectivity index (χ0n) is 13.3. The van der Waals surface area contributed by atoms with Gasteiger partial charge in [0.2, 0.25) is 5.91 Å². The number of rotatable bonds is 3. The van der Waals surface area contributed by atoms with Crippen LogP contribution in [0.5, 0.6) is 0 Å². The summed E-state index contributed by atoms with van der Waals surface area (Å²) >= 11 is 0. The Morgan fingerprint density at radius 2 is 1.70 bits per heavy atom. The van der Waals surface area contributed by atoms with Crippen molar-refractivity contribution in [3.63, 3.8) is 0 Å². The van der Waals surface area contributed by atoms with Gasteiger partial charge in [0.05, 0.1) is 11.7 Å². The Hall–Kier alpha value is -0.570. The summed E-state index contributed by atoms with van der Waals surface area (Å²) in [5.41, 5.74) is -0.198. The minimum Gasteiger partial charge on any atom is -0.322 e. The van der Waals surface area contributed by atoms with Crippen LogP contribution in [0, 0.1) is 11.8 Å². The Kier molecular flexibility index (Phi) is 3.83. The largest absolute Gasteiger partial charge is 0.322 e. The van der Waals surface area contributed by atoms with Crippen molar-refractivity contribution in [2.24, 2.45) is 11.8 Å². The van der Waals surface area contributed by atoms with Crippen LogP contribution in [0.2, 0.25) is 0 Å². The van der Waals surface area contributed by atoms with Gasteiger partial charge in [-0.3, -0.25) is 10.1 Å². The van der Waals surface area contributed by atoms with Crippen molar-refractivity contribution in [2.75, 3.05) is 0 Å². The Morgan fingerprint density at radius 1 is 1.10 bits per heavy atom. The highest BCUT2D eigenvalue weighted by Crippen LogP contribution is 2.42. The van der Waals surface area contributed by atoms with Crippen molar-refractivity contribution >= 4 is 5.91 Å². The topological polar surface area (TPSA) is 32.3 Å². The molecule has 3 nitrogen and oxygen atoms in total. The first-order valence-corrected chi connectivity index (χ1v) is 8.66. The third kappa shape index (κ3) is 2.18. The Morgan fingerprint density at radius 3 is 2.25 bits per heavy atom. The summed E-state index contributed by atoms with van der Waals surface area (Å²) in [4.78, 5) is 15.3. The molecule has 20 heavy (non-hydrogen) atoms. The lowest BCUT2D eigenvalue weighted by Crippen LogP contribution is -2.48. The van der Waals surface area contributed by atoms with Gasteiger partial charge in [-0.2, -0.15) is 0 Å². The van der Waals surface area contributed by atoms with Crippen LogP contribution < -0.4 is 5.32 Å². The lowest BCUT2D eigenvalue weighted by atomic mass is 9.96. The molecule has 1 aliphatic heterocycles. The van der Waals surface area contributed by atoms with Gasteiger partial charge in [-0.05, 0) is 44.4 Å². The highest BCUT2D eigenvalue weighted by atomic mass is 16.2. The zero-order valence-corrected chi connectivity index (χ0v) is 13.3. The maximum absolute atomic E-state index is 13.1. The van der Waals surface area contributed by atoms with Crippen molar-refractivity contribution in [1.29, 1.82) is 0 Å². The maximum Gasteiger partial charge on any atom is 0.244 e. The van der Waals surface area contributed by atoms with Crippen LogP contribution >= 0.6 is 0 Å². The first kappa shape index (κ1) is 14.4. The van der Waals surface area contributed by atoms with Gasteiger partial charge in [-0.1, -0.05) is 39.5 Å². The Bertz CT molecular complexity index is 367. The van der Waals surface area contributed by atoms with Gasteiger partial charge in [0, 0.05) is 6.04 Å². The lowest BCUT2D eigenvalue weighted by Gasteiger charge is -2.35. The number of nitrogens with zero attached hydrogens (tertiary/aromatic N) is 1. The van der Waals surface area contributed by atoms with Crippen LogP contribution in [-0.4, -0.2) is 28.6 Å². The van der Waals surface area contributed by atoms with Crippen LogP contribution in [0.15, 0.2) is 0 Å². The molecule has 2 saturated carbocycles. The lowest BCUT2D eigenvalue weighted by molar-refractivity contribution is -0.136. The van der Waals surface area contributed by atoms with Crippen LogP contribution in [-0.2, 0) is 4.79 Å². The van der Waals surface area contributed by atoms with Crippen molar-refractivity contribution in [1.82, 2.24) is 10.2 Å². The second-order valence-corrected chi connectivity index (χ2v) is 7.62. The molecule has 0 radical (unpaired) electrons. The van der Waals surface area contributed by atoms with Crippen molar-refractivity contribution < 1.29 is 4.79 Å². The smallest absolute Gasteiger partial charge is 0.244 e. The van der Waals surface area contributed by atoms with E-state index >= 15 is 0 Å². The monoisotopic (exact) mass is 278 g/mol. The molecule has 1 amide bonds. The second-order valence-electron chi connectivity index (χ2n) is 7.62. The number of hydrogen-bond acceptors (Lipinski definition) is 2. The van der Waals surface area contributed by atoms with E-state index in [0.717, 1.165) is 12.8 Å². The standard InChI is InChI=1S/C17H30N2O/c1-12(2)13(3)19-15(14-8-4-5-9-14)18-17(16(19)20)10-6-7-11-17/h12-15,18H,4-11H2,1-3H3. The summed E-state index contributed by atoms with van der Waals surface area (Å²) in [6.07, 6.45) is 10.1. The van der Waals surface area contributed by atoms with Gasteiger partial charge in [0.25, 0.3) is 0 Å². The molecule has 1 saturated heterocycles. The molecule has 114 valence electrons. The molecule has 3 rings (SSSR count). The van der Waals surface area contributed by atoms with Crippen molar-refractivity contribution in [3.8, 4) is 0 Å². The first-order valence-electron chi connectivity index (χ1n) is 8.66. The van der Waals surface area contributed by atoms with Crippen LogP contribution in [0.3, 0.4) is 0 Å². The first-order chi connectivity index (χ1) is 9.55. The quantitative estimate of drug-likeness (QED) is 0.859. The zero-order chi connectivity index (χ0) is 14.3. The van der Waals surface area contributed by atoms with E-state index in [-0.39, 0.29) is 5.54 Å². The number of carbonyl (C=O) groups excluding carboxylic acids is 1. The highest BCUT2D eigenvalue weighted by molar-refractivity contribution is 5.89. The molecule has 3 fully saturated rings. The molecule has 0 aromatic heterocycles. The summed E-state index contributed by atoms with van der Waals surface area (Å²) in [6, 6.07) is 0.348. The number of amides is 1. The van der Waals surface area contributed by atoms with E-state index in [4.69, 9.17) is 0 Å². The molecule has 1 heterocycles. The summed E-state index contributed by atoms with van der Waals surface area (Å²) in [5.74, 6) is 1.62. The van der Waals surface area contributed by atoms with E-state index in [1.54, 1.807) is 0 Å². The van der Waals surface area contributed by atoms with E-state index in [1.807, 2.05) is 0 Å².